The second kappa shape index (κ2) is 7.16. The predicted molar refractivity (Wildman–Crippen MR) is 75.4 cm³/mol. The highest BCUT2D eigenvalue weighted by Crippen LogP contribution is 2.17. The van der Waals surface area contributed by atoms with Gasteiger partial charge < -0.3 is 5.32 Å². The first-order valence-electron chi connectivity index (χ1n) is 6.39. The first-order valence-corrected chi connectivity index (χ1v) is 6.39. The molecule has 0 radical (unpaired) electrons. The monoisotopic (exact) mass is 285 g/mol. The molecule has 0 fully saturated rings. The quantitative estimate of drug-likeness (QED) is 0.573. The number of aromatic nitrogens is 1. The number of benzene rings is 1. The topological polar surface area (TPSA) is 91.3 Å². The minimum Gasteiger partial charge on any atom is -0.345 e. The summed E-state index contributed by atoms with van der Waals surface area (Å²) in [7, 11) is 0. The summed E-state index contributed by atoms with van der Waals surface area (Å²) in [5, 5.41) is 11.4. The zero-order valence-electron chi connectivity index (χ0n) is 11.2. The van der Waals surface area contributed by atoms with Crippen LogP contribution in [-0.2, 0) is 4.79 Å². The van der Waals surface area contributed by atoms with Crippen LogP contribution in [0.2, 0.25) is 0 Å². The number of rotatable bonds is 5. The summed E-state index contributed by atoms with van der Waals surface area (Å²) in [5.41, 5.74) is 2.76. The van der Waals surface area contributed by atoms with E-state index in [9.17, 15) is 9.59 Å². The van der Waals surface area contributed by atoms with Crippen molar-refractivity contribution in [2.24, 2.45) is 0 Å². The zero-order chi connectivity index (χ0) is 15.1. The van der Waals surface area contributed by atoms with E-state index in [1.165, 1.54) is 6.20 Å². The van der Waals surface area contributed by atoms with Gasteiger partial charge in [0.2, 0.25) is 5.91 Å². The van der Waals surface area contributed by atoms with E-state index in [0.29, 0.717) is 5.56 Å². The molecule has 1 heterocycles. The van der Waals surface area contributed by atoms with E-state index in [2.05, 4.69) is 10.3 Å². The van der Waals surface area contributed by atoms with Crippen molar-refractivity contribution in [1.29, 1.82) is 0 Å². The van der Waals surface area contributed by atoms with Crippen molar-refractivity contribution in [1.82, 2.24) is 15.8 Å². The first kappa shape index (κ1) is 14.7. The van der Waals surface area contributed by atoms with Gasteiger partial charge >= 0.3 is 0 Å². The predicted octanol–water partition coefficient (Wildman–Crippen LogP) is 1.45. The molecule has 0 aliphatic heterocycles. The lowest BCUT2D eigenvalue weighted by Crippen LogP contribution is -2.32. The van der Waals surface area contributed by atoms with Crippen molar-refractivity contribution in [2.45, 2.75) is 12.5 Å². The molecular formula is C15H15N3O3. The number of nitrogens with zero attached hydrogens (tertiary/aromatic N) is 1. The van der Waals surface area contributed by atoms with Gasteiger partial charge in [-0.3, -0.25) is 19.8 Å². The molecule has 0 saturated carbocycles. The second-order valence-corrected chi connectivity index (χ2v) is 4.42. The minimum absolute atomic E-state index is 0.0630. The lowest BCUT2D eigenvalue weighted by Gasteiger charge is -2.18. The minimum atomic E-state index is -0.574. The van der Waals surface area contributed by atoms with Gasteiger partial charge in [-0.15, -0.1) is 0 Å². The third-order valence-corrected chi connectivity index (χ3v) is 2.95. The number of carbonyl (C=O) groups is 2. The summed E-state index contributed by atoms with van der Waals surface area (Å²) in [6.45, 7) is 0. The molecule has 2 aromatic rings. The van der Waals surface area contributed by atoms with E-state index >= 15 is 0 Å². The molecule has 1 unspecified atom stereocenters. The number of pyridine rings is 1. The molecule has 3 N–H and O–H groups in total. The maximum absolute atomic E-state index is 12.2. The fourth-order valence-electron chi connectivity index (χ4n) is 1.91. The Balaban J connectivity index is 2.16. The Kier molecular flexibility index (Phi) is 5.00. The maximum atomic E-state index is 12.2. The van der Waals surface area contributed by atoms with Crippen molar-refractivity contribution < 1.29 is 14.8 Å². The molecule has 2 amide bonds. The Morgan fingerprint density at radius 1 is 1.14 bits per heavy atom. The highest BCUT2D eigenvalue weighted by molar-refractivity contribution is 5.94. The van der Waals surface area contributed by atoms with Crippen LogP contribution in [0.15, 0.2) is 54.9 Å². The summed E-state index contributed by atoms with van der Waals surface area (Å²) in [4.78, 5) is 27.4. The summed E-state index contributed by atoms with van der Waals surface area (Å²) in [6.07, 6.45) is 2.96. The lowest BCUT2D eigenvalue weighted by molar-refractivity contribution is -0.129. The summed E-state index contributed by atoms with van der Waals surface area (Å²) < 4.78 is 0. The van der Waals surface area contributed by atoms with Crippen LogP contribution in [0.3, 0.4) is 0 Å². The van der Waals surface area contributed by atoms with Gasteiger partial charge in [-0.25, -0.2) is 5.48 Å². The van der Waals surface area contributed by atoms with Crippen molar-refractivity contribution in [2.75, 3.05) is 0 Å². The van der Waals surface area contributed by atoms with Crippen LogP contribution in [0.1, 0.15) is 28.4 Å². The SMILES string of the molecule is O=C(CC(NC(=O)c1cccnc1)c1ccccc1)NO. The smallest absolute Gasteiger partial charge is 0.253 e. The number of hydrogen-bond donors (Lipinski definition) is 3. The van der Waals surface area contributed by atoms with Crippen molar-refractivity contribution in [3.8, 4) is 0 Å². The van der Waals surface area contributed by atoms with Crippen LogP contribution < -0.4 is 10.8 Å². The van der Waals surface area contributed by atoms with Crippen LogP contribution in [0.25, 0.3) is 0 Å². The van der Waals surface area contributed by atoms with E-state index < -0.39 is 11.9 Å². The number of nitrogens with one attached hydrogen (secondary N) is 2. The van der Waals surface area contributed by atoms with E-state index in [1.807, 2.05) is 18.2 Å². The molecule has 0 spiro atoms. The van der Waals surface area contributed by atoms with E-state index in [-0.39, 0.29) is 12.3 Å². The Morgan fingerprint density at radius 3 is 2.52 bits per heavy atom. The number of hydrogen-bond acceptors (Lipinski definition) is 4. The Labute approximate surface area is 121 Å². The molecule has 2 rings (SSSR count). The Hall–Kier alpha value is -2.73. The molecule has 1 aromatic heterocycles. The van der Waals surface area contributed by atoms with Gasteiger partial charge in [0.25, 0.3) is 5.91 Å². The van der Waals surface area contributed by atoms with Crippen LogP contribution in [-0.4, -0.2) is 22.0 Å². The van der Waals surface area contributed by atoms with E-state index in [1.54, 1.807) is 35.9 Å². The standard InChI is InChI=1S/C15H15N3O3/c19-14(18-21)9-13(11-5-2-1-3-6-11)17-15(20)12-7-4-8-16-10-12/h1-8,10,13,21H,9H2,(H,17,20)(H,18,19). The van der Waals surface area contributed by atoms with Crippen molar-refractivity contribution in [3.05, 3.63) is 66.0 Å². The molecule has 1 atom stereocenters. The van der Waals surface area contributed by atoms with Crippen LogP contribution >= 0.6 is 0 Å². The average Bonchev–Trinajstić information content (AvgIpc) is 2.55. The molecule has 0 aliphatic carbocycles. The second-order valence-electron chi connectivity index (χ2n) is 4.42. The normalized spacial score (nSPS) is 11.5. The third kappa shape index (κ3) is 4.12. The fraction of sp³-hybridized carbons (Fsp3) is 0.133. The van der Waals surface area contributed by atoms with E-state index in [0.717, 1.165) is 5.56 Å². The molecule has 6 heteroatoms. The van der Waals surface area contributed by atoms with Gasteiger partial charge in [0.15, 0.2) is 0 Å². The lowest BCUT2D eigenvalue weighted by atomic mass is 10.0. The van der Waals surface area contributed by atoms with Gasteiger partial charge in [0.05, 0.1) is 18.0 Å². The molecule has 6 nitrogen and oxygen atoms in total. The summed E-state index contributed by atoms with van der Waals surface area (Å²) in [5.74, 6) is -0.905. The highest BCUT2D eigenvalue weighted by Gasteiger charge is 2.18. The van der Waals surface area contributed by atoms with Crippen LogP contribution in [0.5, 0.6) is 0 Å². The number of amides is 2. The summed E-state index contributed by atoms with van der Waals surface area (Å²) in [6, 6.07) is 11.8. The van der Waals surface area contributed by atoms with Gasteiger partial charge in [0.1, 0.15) is 0 Å². The fourth-order valence-corrected chi connectivity index (χ4v) is 1.91. The van der Waals surface area contributed by atoms with Crippen LogP contribution in [0.4, 0.5) is 0 Å². The zero-order valence-corrected chi connectivity index (χ0v) is 11.2. The first-order chi connectivity index (χ1) is 10.2. The Morgan fingerprint density at radius 2 is 1.90 bits per heavy atom. The molecule has 0 aliphatic rings. The maximum Gasteiger partial charge on any atom is 0.253 e. The van der Waals surface area contributed by atoms with Gasteiger partial charge in [-0.05, 0) is 17.7 Å². The number of carbonyl (C=O) groups excluding carboxylic acids is 2. The third-order valence-electron chi connectivity index (χ3n) is 2.95. The molecule has 0 bridgehead atoms. The van der Waals surface area contributed by atoms with Crippen LogP contribution in [0, 0.1) is 0 Å². The van der Waals surface area contributed by atoms with Gasteiger partial charge in [0, 0.05) is 12.4 Å². The van der Waals surface area contributed by atoms with Gasteiger partial charge in [-0.2, -0.15) is 0 Å². The Bertz CT molecular complexity index is 602. The van der Waals surface area contributed by atoms with Gasteiger partial charge in [-0.1, -0.05) is 30.3 Å². The van der Waals surface area contributed by atoms with E-state index in [4.69, 9.17) is 5.21 Å². The average molecular weight is 285 g/mol. The molecule has 1 aromatic carbocycles. The largest absolute Gasteiger partial charge is 0.345 e. The highest BCUT2D eigenvalue weighted by atomic mass is 16.5. The molecule has 108 valence electrons. The molecular weight excluding hydrogens is 270 g/mol. The number of hydroxylamine groups is 1. The molecule has 21 heavy (non-hydrogen) atoms. The molecule has 0 saturated heterocycles. The summed E-state index contributed by atoms with van der Waals surface area (Å²) >= 11 is 0. The van der Waals surface area contributed by atoms with Crippen molar-refractivity contribution >= 4 is 11.8 Å². The van der Waals surface area contributed by atoms with Crippen molar-refractivity contribution in [3.63, 3.8) is 0 Å².